The van der Waals surface area contributed by atoms with Crippen molar-refractivity contribution in [1.82, 2.24) is 0 Å². The van der Waals surface area contributed by atoms with Gasteiger partial charge in [0.15, 0.2) is 0 Å². The van der Waals surface area contributed by atoms with Crippen molar-refractivity contribution in [2.75, 3.05) is 33.0 Å². The molecule has 3 unspecified atom stereocenters. The molecule has 0 aromatic carbocycles. The van der Waals surface area contributed by atoms with E-state index in [1.54, 1.807) is 0 Å². The number of aliphatic hydroxyl groups excluding tert-OH is 2. The molecule has 0 aliphatic heterocycles. The van der Waals surface area contributed by atoms with Crippen molar-refractivity contribution in [1.29, 1.82) is 0 Å². The number of esters is 1. The molecular formula is C41H79O9P. The van der Waals surface area contributed by atoms with Crippen molar-refractivity contribution in [2.24, 2.45) is 0 Å². The van der Waals surface area contributed by atoms with Crippen molar-refractivity contribution in [3.63, 3.8) is 0 Å². The van der Waals surface area contributed by atoms with Crippen LogP contribution >= 0.6 is 7.82 Å². The van der Waals surface area contributed by atoms with Crippen LogP contribution in [0.1, 0.15) is 187 Å². The number of ether oxygens (including phenoxy) is 2. The van der Waals surface area contributed by atoms with E-state index < -0.39 is 33.2 Å². The molecular weight excluding hydrogens is 667 g/mol. The van der Waals surface area contributed by atoms with Crippen molar-refractivity contribution >= 4 is 13.8 Å². The molecule has 3 atom stereocenters. The lowest BCUT2D eigenvalue weighted by molar-refractivity contribution is -0.154. The molecule has 0 bridgehead atoms. The molecule has 0 radical (unpaired) electrons. The van der Waals surface area contributed by atoms with E-state index in [0.29, 0.717) is 6.61 Å². The molecule has 10 heteroatoms. The number of carbonyl (C=O) groups is 1. The standard InChI is InChI=1S/C41H79O9P/c1-3-5-7-9-11-13-15-16-17-18-19-20-21-22-24-26-28-30-32-34-47-37-40(38-49-51(45,46)48-36-39(43)35-42)50-41(44)33-31-29-27-25-23-14-12-10-8-6-4-2/h13,15,17-18,39-40,42-43H,3-12,14,16,19-38H2,1-2H3,(H,45,46)/b15-13-,18-17-. The number of unbranched alkanes of at least 4 members (excludes halogenated alkanes) is 22. The number of rotatable bonds is 40. The third-order valence-electron chi connectivity index (χ3n) is 8.89. The van der Waals surface area contributed by atoms with Gasteiger partial charge in [-0.3, -0.25) is 13.8 Å². The topological polar surface area (TPSA) is 132 Å². The number of allylic oxidation sites excluding steroid dienone is 4. The van der Waals surface area contributed by atoms with Gasteiger partial charge in [-0.15, -0.1) is 0 Å². The summed E-state index contributed by atoms with van der Waals surface area (Å²) in [6.45, 7) is 3.49. The Morgan fingerprint density at radius 2 is 1.06 bits per heavy atom. The maximum atomic E-state index is 12.5. The second-order valence-corrected chi connectivity index (χ2v) is 15.5. The number of phosphoric ester groups is 1. The number of hydrogen-bond donors (Lipinski definition) is 3. The van der Waals surface area contributed by atoms with Gasteiger partial charge in [0.2, 0.25) is 0 Å². The van der Waals surface area contributed by atoms with Crippen LogP contribution in [0.4, 0.5) is 0 Å². The quantitative estimate of drug-likeness (QED) is 0.0242. The van der Waals surface area contributed by atoms with Crippen LogP contribution in [0, 0.1) is 0 Å². The summed E-state index contributed by atoms with van der Waals surface area (Å²) in [5, 5.41) is 18.3. The third kappa shape index (κ3) is 38.5. The van der Waals surface area contributed by atoms with Crippen LogP contribution in [0.15, 0.2) is 24.3 Å². The number of phosphoric acid groups is 1. The molecule has 9 nitrogen and oxygen atoms in total. The largest absolute Gasteiger partial charge is 0.472 e. The van der Waals surface area contributed by atoms with Gasteiger partial charge in [0.05, 0.1) is 26.4 Å². The van der Waals surface area contributed by atoms with Gasteiger partial charge < -0.3 is 24.6 Å². The number of carbonyl (C=O) groups excluding carboxylic acids is 1. The summed E-state index contributed by atoms with van der Waals surface area (Å²) in [4.78, 5) is 22.5. The first kappa shape index (κ1) is 49.9. The van der Waals surface area contributed by atoms with E-state index in [0.717, 1.165) is 51.4 Å². The molecule has 0 heterocycles. The fourth-order valence-electron chi connectivity index (χ4n) is 5.68. The van der Waals surface area contributed by atoms with Crippen LogP contribution in [0.3, 0.4) is 0 Å². The summed E-state index contributed by atoms with van der Waals surface area (Å²) in [5.41, 5.74) is 0. The lowest BCUT2D eigenvalue weighted by Crippen LogP contribution is -2.29. The summed E-state index contributed by atoms with van der Waals surface area (Å²) in [6.07, 6.45) is 38.5. The van der Waals surface area contributed by atoms with E-state index in [9.17, 15) is 19.4 Å². The molecule has 0 amide bonds. The Kier molecular flexibility index (Phi) is 37.9. The van der Waals surface area contributed by atoms with Gasteiger partial charge >= 0.3 is 13.8 Å². The van der Waals surface area contributed by atoms with Gasteiger partial charge in [0.25, 0.3) is 0 Å². The van der Waals surface area contributed by atoms with Crippen molar-refractivity contribution in [3.8, 4) is 0 Å². The van der Waals surface area contributed by atoms with E-state index in [1.807, 2.05) is 0 Å². The van der Waals surface area contributed by atoms with Crippen LogP contribution < -0.4 is 0 Å². The normalized spacial score (nSPS) is 14.4. The zero-order valence-corrected chi connectivity index (χ0v) is 33.7. The van der Waals surface area contributed by atoms with E-state index in [1.165, 1.54) is 116 Å². The molecule has 0 rings (SSSR count). The zero-order valence-electron chi connectivity index (χ0n) is 32.8. The summed E-state index contributed by atoms with van der Waals surface area (Å²) >= 11 is 0. The highest BCUT2D eigenvalue weighted by Gasteiger charge is 2.26. The van der Waals surface area contributed by atoms with Gasteiger partial charge in [0, 0.05) is 13.0 Å². The first-order valence-corrected chi connectivity index (χ1v) is 22.3. The minimum atomic E-state index is -4.51. The van der Waals surface area contributed by atoms with Gasteiger partial charge in [0.1, 0.15) is 12.2 Å². The average Bonchev–Trinajstić information content (AvgIpc) is 3.12. The minimum absolute atomic E-state index is 0.0487. The SMILES string of the molecule is CCCCCC/C=C\C/C=C\CCCCCCCCCCOCC(COP(=O)(O)OCC(O)CO)OC(=O)CCCCCCCCCCCCC. The summed E-state index contributed by atoms with van der Waals surface area (Å²) < 4.78 is 33.3. The second-order valence-electron chi connectivity index (χ2n) is 14.0. The van der Waals surface area contributed by atoms with Crippen LogP contribution in [0.2, 0.25) is 0 Å². The average molecular weight is 747 g/mol. The molecule has 0 saturated carbocycles. The summed E-state index contributed by atoms with van der Waals surface area (Å²) in [5.74, 6) is -0.385. The van der Waals surface area contributed by atoms with Crippen LogP contribution in [0.5, 0.6) is 0 Å². The Morgan fingerprint density at radius 3 is 1.59 bits per heavy atom. The van der Waals surface area contributed by atoms with Crippen LogP contribution in [0.25, 0.3) is 0 Å². The Morgan fingerprint density at radius 1 is 0.608 bits per heavy atom. The lowest BCUT2D eigenvalue weighted by Gasteiger charge is -2.20. The third-order valence-corrected chi connectivity index (χ3v) is 9.84. The highest BCUT2D eigenvalue weighted by molar-refractivity contribution is 7.47. The molecule has 0 aromatic rings. The van der Waals surface area contributed by atoms with E-state index in [2.05, 4.69) is 38.2 Å². The van der Waals surface area contributed by atoms with Crippen molar-refractivity contribution < 1.29 is 43.0 Å². The van der Waals surface area contributed by atoms with Crippen molar-refractivity contribution in [2.45, 2.75) is 199 Å². The maximum Gasteiger partial charge on any atom is 0.472 e. The highest BCUT2D eigenvalue weighted by Crippen LogP contribution is 2.43. The smallest absolute Gasteiger partial charge is 0.457 e. The van der Waals surface area contributed by atoms with Gasteiger partial charge in [-0.05, 0) is 44.9 Å². The van der Waals surface area contributed by atoms with Gasteiger partial charge in [-0.1, -0.05) is 160 Å². The summed E-state index contributed by atoms with van der Waals surface area (Å²) in [6, 6.07) is 0. The second kappa shape index (κ2) is 38.7. The Hall–Kier alpha value is -1.06. The first-order chi connectivity index (χ1) is 24.8. The summed E-state index contributed by atoms with van der Waals surface area (Å²) in [7, 11) is -4.51. The van der Waals surface area contributed by atoms with Crippen molar-refractivity contribution in [3.05, 3.63) is 24.3 Å². The monoisotopic (exact) mass is 747 g/mol. The maximum absolute atomic E-state index is 12.5. The predicted molar refractivity (Wildman–Crippen MR) is 210 cm³/mol. The first-order valence-electron chi connectivity index (χ1n) is 20.8. The predicted octanol–water partition coefficient (Wildman–Crippen LogP) is 11.1. The van der Waals surface area contributed by atoms with E-state index >= 15 is 0 Å². The Labute approximate surface area is 313 Å². The Bertz CT molecular complexity index is 851. The number of aliphatic hydroxyl groups is 2. The number of hydrogen-bond acceptors (Lipinski definition) is 8. The van der Waals surface area contributed by atoms with Gasteiger partial charge in [-0.2, -0.15) is 0 Å². The van der Waals surface area contributed by atoms with Crippen LogP contribution in [-0.4, -0.2) is 66.3 Å². The molecule has 0 fully saturated rings. The molecule has 0 spiro atoms. The molecule has 51 heavy (non-hydrogen) atoms. The zero-order chi connectivity index (χ0) is 37.5. The molecule has 3 N–H and O–H groups in total. The molecule has 0 aromatic heterocycles. The molecule has 302 valence electrons. The lowest BCUT2D eigenvalue weighted by atomic mass is 10.1. The molecule has 0 aliphatic rings. The van der Waals surface area contributed by atoms with Gasteiger partial charge in [-0.25, -0.2) is 4.57 Å². The Balaban J connectivity index is 4.14. The van der Waals surface area contributed by atoms with Crippen LogP contribution in [-0.2, 0) is 27.9 Å². The van der Waals surface area contributed by atoms with E-state index in [4.69, 9.17) is 23.6 Å². The van der Waals surface area contributed by atoms with E-state index in [-0.39, 0.29) is 25.6 Å². The fourth-order valence-corrected chi connectivity index (χ4v) is 6.47. The minimum Gasteiger partial charge on any atom is -0.457 e. The highest BCUT2D eigenvalue weighted by atomic mass is 31.2. The molecule has 0 aliphatic carbocycles. The molecule has 0 saturated heterocycles. The fraction of sp³-hybridized carbons (Fsp3) is 0.878.